The van der Waals surface area contributed by atoms with Crippen molar-refractivity contribution in [2.24, 2.45) is 5.92 Å². The number of amides is 1. The molecule has 1 N–H and O–H groups in total. The Labute approximate surface area is 146 Å². The summed E-state index contributed by atoms with van der Waals surface area (Å²) in [6.07, 6.45) is 5.95. The Morgan fingerprint density at radius 2 is 2.04 bits per heavy atom. The molecule has 24 heavy (non-hydrogen) atoms. The van der Waals surface area contributed by atoms with Gasteiger partial charge >= 0.3 is 0 Å². The molecule has 1 saturated heterocycles. The molecule has 2 aromatic heterocycles. The largest absolute Gasteiger partial charge is 0.351 e. The Bertz CT molecular complexity index is 682. The Hall–Kier alpha value is -1.86. The normalized spacial score (nSPS) is 16.2. The number of nitrogens with one attached hydrogen (secondary N) is 1. The molecule has 0 saturated carbocycles. The van der Waals surface area contributed by atoms with Gasteiger partial charge in [-0.25, -0.2) is 15.0 Å². The van der Waals surface area contributed by atoms with Crippen LogP contribution in [0.3, 0.4) is 0 Å². The highest BCUT2D eigenvalue weighted by atomic mass is 32.1. The molecule has 0 radical (unpaired) electrons. The van der Waals surface area contributed by atoms with E-state index < -0.39 is 0 Å². The molecule has 1 atom stereocenters. The number of rotatable bonds is 6. The van der Waals surface area contributed by atoms with Crippen molar-refractivity contribution < 1.29 is 4.79 Å². The topological polar surface area (TPSA) is 71.0 Å². The standard InChI is InChI=1S/C17H23N5OS/c1-12(11-22-8-3-4-9-22)10-20-16(23)14-13(2)21-17(24-14)15-18-6-5-7-19-15/h5-7,12H,3-4,8-11H2,1-2H3,(H,20,23)/t12-/m0/s1. The van der Waals surface area contributed by atoms with Crippen molar-refractivity contribution in [3.8, 4) is 10.8 Å². The highest BCUT2D eigenvalue weighted by Gasteiger charge is 2.19. The molecule has 6 nitrogen and oxygen atoms in total. The summed E-state index contributed by atoms with van der Waals surface area (Å²) in [5, 5.41) is 3.73. The minimum absolute atomic E-state index is 0.0551. The Balaban J connectivity index is 1.58. The average Bonchev–Trinajstić information content (AvgIpc) is 3.23. The van der Waals surface area contributed by atoms with E-state index in [0.717, 1.165) is 12.2 Å². The lowest BCUT2D eigenvalue weighted by Crippen LogP contribution is -2.34. The molecular weight excluding hydrogens is 322 g/mol. The summed E-state index contributed by atoms with van der Waals surface area (Å²) in [6.45, 7) is 8.14. The fourth-order valence-electron chi connectivity index (χ4n) is 2.93. The number of likely N-dealkylation sites (tertiary alicyclic amines) is 1. The van der Waals surface area contributed by atoms with E-state index in [1.54, 1.807) is 18.5 Å². The van der Waals surface area contributed by atoms with Crippen LogP contribution in [-0.4, -0.2) is 51.9 Å². The van der Waals surface area contributed by atoms with Gasteiger partial charge in [-0.2, -0.15) is 0 Å². The molecule has 0 spiro atoms. The van der Waals surface area contributed by atoms with E-state index >= 15 is 0 Å². The average molecular weight is 345 g/mol. The second kappa shape index (κ2) is 7.81. The minimum Gasteiger partial charge on any atom is -0.351 e. The van der Waals surface area contributed by atoms with Crippen molar-refractivity contribution >= 4 is 17.2 Å². The van der Waals surface area contributed by atoms with Gasteiger partial charge in [-0.05, 0) is 44.8 Å². The van der Waals surface area contributed by atoms with Crippen LogP contribution in [0.25, 0.3) is 10.8 Å². The third-order valence-electron chi connectivity index (χ3n) is 4.14. The van der Waals surface area contributed by atoms with Crippen molar-refractivity contribution in [3.63, 3.8) is 0 Å². The lowest BCUT2D eigenvalue weighted by molar-refractivity contribution is 0.0948. The van der Waals surface area contributed by atoms with E-state index in [-0.39, 0.29) is 5.91 Å². The number of carbonyl (C=O) groups is 1. The Morgan fingerprint density at radius 1 is 1.33 bits per heavy atom. The van der Waals surface area contributed by atoms with Gasteiger partial charge in [0.1, 0.15) is 4.88 Å². The van der Waals surface area contributed by atoms with Crippen LogP contribution in [0, 0.1) is 12.8 Å². The first-order chi connectivity index (χ1) is 11.6. The third-order valence-corrected chi connectivity index (χ3v) is 5.29. The van der Waals surface area contributed by atoms with Gasteiger partial charge in [0.2, 0.25) is 0 Å². The van der Waals surface area contributed by atoms with Gasteiger partial charge in [0.05, 0.1) is 5.69 Å². The van der Waals surface area contributed by atoms with Gasteiger partial charge in [0.25, 0.3) is 5.91 Å². The van der Waals surface area contributed by atoms with E-state index in [4.69, 9.17) is 0 Å². The minimum atomic E-state index is -0.0551. The summed E-state index contributed by atoms with van der Waals surface area (Å²) in [5.41, 5.74) is 0.729. The van der Waals surface area contributed by atoms with Crippen molar-refractivity contribution in [2.45, 2.75) is 26.7 Å². The van der Waals surface area contributed by atoms with Gasteiger partial charge in [-0.1, -0.05) is 6.92 Å². The van der Waals surface area contributed by atoms with Crippen LogP contribution >= 0.6 is 11.3 Å². The molecule has 0 unspecified atom stereocenters. The second-order valence-corrected chi connectivity index (χ2v) is 7.33. The molecule has 0 bridgehead atoms. The predicted octanol–water partition coefficient (Wildman–Crippen LogP) is 2.37. The molecule has 7 heteroatoms. The quantitative estimate of drug-likeness (QED) is 0.870. The number of hydrogen-bond donors (Lipinski definition) is 1. The summed E-state index contributed by atoms with van der Waals surface area (Å²) in [5.74, 6) is 0.949. The van der Waals surface area contributed by atoms with Crippen molar-refractivity contribution in [1.29, 1.82) is 0 Å². The molecule has 3 heterocycles. The summed E-state index contributed by atoms with van der Waals surface area (Å²) in [4.78, 5) is 28.4. The maximum atomic E-state index is 12.5. The summed E-state index contributed by atoms with van der Waals surface area (Å²) >= 11 is 1.35. The maximum Gasteiger partial charge on any atom is 0.263 e. The number of nitrogens with zero attached hydrogens (tertiary/aromatic N) is 4. The van der Waals surface area contributed by atoms with E-state index in [2.05, 4.69) is 32.1 Å². The first-order valence-corrected chi connectivity index (χ1v) is 9.20. The van der Waals surface area contributed by atoms with Crippen molar-refractivity contribution in [3.05, 3.63) is 29.0 Å². The molecule has 128 valence electrons. The van der Waals surface area contributed by atoms with Crippen LogP contribution in [0.5, 0.6) is 0 Å². The molecule has 0 aromatic carbocycles. The molecular formula is C17H23N5OS. The van der Waals surface area contributed by atoms with Crippen LogP contribution < -0.4 is 5.32 Å². The molecule has 1 fully saturated rings. The number of carbonyl (C=O) groups excluding carboxylic acids is 1. The van der Waals surface area contributed by atoms with Gasteiger partial charge in [0.15, 0.2) is 10.8 Å². The first kappa shape index (κ1) is 17.0. The van der Waals surface area contributed by atoms with Gasteiger partial charge < -0.3 is 10.2 Å². The van der Waals surface area contributed by atoms with Crippen molar-refractivity contribution in [1.82, 2.24) is 25.2 Å². The fraction of sp³-hybridized carbons (Fsp3) is 0.529. The molecule has 1 amide bonds. The molecule has 2 aromatic rings. The van der Waals surface area contributed by atoms with E-state index in [1.807, 2.05) is 6.92 Å². The Morgan fingerprint density at radius 3 is 2.75 bits per heavy atom. The predicted molar refractivity (Wildman–Crippen MR) is 95.0 cm³/mol. The summed E-state index contributed by atoms with van der Waals surface area (Å²) in [7, 11) is 0. The zero-order chi connectivity index (χ0) is 16.9. The zero-order valence-corrected chi connectivity index (χ0v) is 15.0. The summed E-state index contributed by atoms with van der Waals surface area (Å²) in [6, 6.07) is 1.76. The number of thiazole rings is 1. The van der Waals surface area contributed by atoms with Gasteiger partial charge in [-0.3, -0.25) is 4.79 Å². The van der Waals surface area contributed by atoms with Crippen LogP contribution in [0.4, 0.5) is 0 Å². The zero-order valence-electron chi connectivity index (χ0n) is 14.2. The van der Waals surface area contributed by atoms with Crippen LogP contribution in [0.2, 0.25) is 0 Å². The maximum absolute atomic E-state index is 12.5. The van der Waals surface area contributed by atoms with E-state index in [0.29, 0.717) is 28.2 Å². The van der Waals surface area contributed by atoms with Crippen LogP contribution in [-0.2, 0) is 0 Å². The Kier molecular flexibility index (Phi) is 5.52. The first-order valence-electron chi connectivity index (χ1n) is 8.39. The second-order valence-electron chi connectivity index (χ2n) is 6.33. The van der Waals surface area contributed by atoms with E-state index in [1.165, 1.54) is 37.3 Å². The number of aromatic nitrogens is 3. The SMILES string of the molecule is Cc1nc(-c2ncccn2)sc1C(=O)NC[C@H](C)CN1CCCC1. The van der Waals surface area contributed by atoms with Crippen LogP contribution in [0.15, 0.2) is 18.5 Å². The third kappa shape index (κ3) is 4.15. The lowest BCUT2D eigenvalue weighted by atomic mass is 10.1. The fourth-order valence-corrected chi connectivity index (χ4v) is 3.86. The lowest BCUT2D eigenvalue weighted by Gasteiger charge is -2.20. The molecule has 0 aliphatic carbocycles. The molecule has 1 aliphatic rings. The van der Waals surface area contributed by atoms with Gasteiger partial charge in [-0.15, -0.1) is 11.3 Å². The molecule has 3 rings (SSSR count). The van der Waals surface area contributed by atoms with Crippen molar-refractivity contribution in [2.75, 3.05) is 26.2 Å². The highest BCUT2D eigenvalue weighted by Crippen LogP contribution is 2.25. The molecule has 1 aliphatic heterocycles. The monoisotopic (exact) mass is 345 g/mol. The van der Waals surface area contributed by atoms with Crippen LogP contribution in [0.1, 0.15) is 35.1 Å². The highest BCUT2D eigenvalue weighted by molar-refractivity contribution is 7.17. The van der Waals surface area contributed by atoms with Gasteiger partial charge in [0, 0.05) is 25.5 Å². The smallest absolute Gasteiger partial charge is 0.263 e. The summed E-state index contributed by atoms with van der Waals surface area (Å²) < 4.78 is 0. The van der Waals surface area contributed by atoms with E-state index in [9.17, 15) is 4.79 Å². The number of aryl methyl sites for hydroxylation is 1. The number of hydrogen-bond acceptors (Lipinski definition) is 6.